The van der Waals surface area contributed by atoms with Crippen molar-refractivity contribution >= 4 is 11.8 Å². The van der Waals surface area contributed by atoms with Crippen molar-refractivity contribution in [3.63, 3.8) is 0 Å². The molecule has 1 aliphatic heterocycles. The maximum atomic E-state index is 2.76. The summed E-state index contributed by atoms with van der Waals surface area (Å²) in [7, 11) is 0. The quantitative estimate of drug-likeness (QED) is 0.750. The Morgan fingerprint density at radius 3 is 2.27 bits per heavy atom. The second-order valence-electron chi connectivity index (χ2n) is 6.68. The van der Waals surface area contributed by atoms with Crippen LogP contribution in [0.3, 0.4) is 0 Å². The van der Waals surface area contributed by atoms with E-state index < -0.39 is 0 Å². The summed E-state index contributed by atoms with van der Waals surface area (Å²) in [5, 5.41) is 0. The average molecular weight is 319 g/mol. The van der Waals surface area contributed by atoms with Crippen LogP contribution in [0, 0.1) is 0 Å². The molecule has 0 bridgehead atoms. The van der Waals surface area contributed by atoms with Gasteiger partial charge in [0, 0.05) is 43.7 Å². The van der Waals surface area contributed by atoms with Gasteiger partial charge in [0.05, 0.1) is 0 Å². The molecule has 0 spiro atoms. The summed E-state index contributed by atoms with van der Waals surface area (Å²) < 4.78 is 0. The predicted octanol–water partition coefficient (Wildman–Crippen LogP) is 4.25. The Hall–Kier alpha value is -0.510. The van der Waals surface area contributed by atoms with E-state index in [1.807, 2.05) is 11.8 Å². The molecule has 1 heterocycles. The van der Waals surface area contributed by atoms with Crippen molar-refractivity contribution in [1.82, 2.24) is 9.80 Å². The minimum Gasteiger partial charge on any atom is -0.298 e. The Balaban J connectivity index is 1.45. The number of rotatable bonds is 5. The van der Waals surface area contributed by atoms with Gasteiger partial charge in [-0.25, -0.2) is 0 Å². The summed E-state index contributed by atoms with van der Waals surface area (Å²) in [4.78, 5) is 6.78. The molecule has 3 rings (SSSR count). The number of nitrogens with zero attached hydrogens (tertiary/aromatic N) is 2. The van der Waals surface area contributed by atoms with E-state index in [-0.39, 0.29) is 0 Å². The maximum Gasteiger partial charge on any atom is 0.0234 e. The molecule has 0 unspecified atom stereocenters. The average Bonchev–Trinajstić information content (AvgIpc) is 2.58. The van der Waals surface area contributed by atoms with Crippen LogP contribution in [-0.4, -0.2) is 47.8 Å². The van der Waals surface area contributed by atoms with E-state index in [1.54, 1.807) is 0 Å². The maximum absolute atomic E-state index is 2.76. The number of piperazine rings is 1. The lowest BCUT2D eigenvalue weighted by Gasteiger charge is -2.40. The molecule has 3 heteroatoms. The molecule has 2 fully saturated rings. The highest BCUT2D eigenvalue weighted by Gasteiger charge is 2.24. The number of benzene rings is 1. The molecule has 22 heavy (non-hydrogen) atoms. The first-order valence-electron chi connectivity index (χ1n) is 9.03. The number of hydrogen-bond acceptors (Lipinski definition) is 3. The van der Waals surface area contributed by atoms with Crippen molar-refractivity contribution in [2.75, 3.05) is 31.9 Å². The lowest BCUT2D eigenvalue weighted by Crippen LogP contribution is -2.50. The first-order chi connectivity index (χ1) is 10.8. The summed E-state index contributed by atoms with van der Waals surface area (Å²) in [6.45, 7) is 8.35. The van der Waals surface area contributed by atoms with Crippen LogP contribution in [0.1, 0.15) is 44.6 Å². The summed E-state index contributed by atoms with van der Waals surface area (Å²) in [6, 6.07) is 10.1. The van der Waals surface area contributed by atoms with Crippen molar-refractivity contribution in [1.29, 1.82) is 0 Å². The van der Waals surface area contributed by atoms with Crippen LogP contribution in [0.4, 0.5) is 0 Å². The van der Waals surface area contributed by atoms with Crippen LogP contribution in [0.25, 0.3) is 0 Å². The largest absolute Gasteiger partial charge is 0.298 e. The van der Waals surface area contributed by atoms with Gasteiger partial charge in [-0.15, -0.1) is 11.8 Å². The minimum atomic E-state index is 0.890. The van der Waals surface area contributed by atoms with Crippen molar-refractivity contribution in [3.8, 4) is 0 Å². The predicted molar refractivity (Wildman–Crippen MR) is 96.6 cm³/mol. The molecule has 1 aromatic rings. The van der Waals surface area contributed by atoms with E-state index in [0.29, 0.717) is 0 Å². The third-order valence-electron chi connectivity index (χ3n) is 5.14. The van der Waals surface area contributed by atoms with Crippen LogP contribution in [0.15, 0.2) is 29.2 Å². The van der Waals surface area contributed by atoms with E-state index in [2.05, 4.69) is 41.0 Å². The Kier molecular flexibility index (Phi) is 6.22. The van der Waals surface area contributed by atoms with Gasteiger partial charge in [-0.1, -0.05) is 38.3 Å². The van der Waals surface area contributed by atoms with E-state index in [0.717, 1.165) is 18.3 Å². The molecule has 0 aromatic heterocycles. The molecule has 2 nitrogen and oxygen atoms in total. The number of hydrogen-bond donors (Lipinski definition) is 0. The molecule has 0 radical (unpaired) electrons. The highest BCUT2D eigenvalue weighted by atomic mass is 32.2. The summed E-state index contributed by atoms with van der Waals surface area (Å²) in [5.41, 5.74) is 1.46. The van der Waals surface area contributed by atoms with Crippen LogP contribution in [-0.2, 0) is 6.54 Å². The van der Waals surface area contributed by atoms with E-state index >= 15 is 0 Å². The summed E-state index contributed by atoms with van der Waals surface area (Å²) in [6.07, 6.45) is 7.25. The second-order valence-corrected chi connectivity index (χ2v) is 8.02. The van der Waals surface area contributed by atoms with Gasteiger partial charge >= 0.3 is 0 Å². The molecular weight excluding hydrogens is 288 g/mol. The third-order valence-corrected chi connectivity index (χ3v) is 6.03. The topological polar surface area (TPSA) is 6.48 Å². The van der Waals surface area contributed by atoms with Crippen LogP contribution >= 0.6 is 11.8 Å². The Bertz CT molecular complexity index is 431. The molecule has 1 saturated heterocycles. The molecular formula is C19H30N2S. The fraction of sp³-hybridized carbons (Fsp3) is 0.684. The van der Waals surface area contributed by atoms with Crippen LogP contribution < -0.4 is 0 Å². The Morgan fingerprint density at radius 2 is 1.64 bits per heavy atom. The first kappa shape index (κ1) is 16.4. The van der Waals surface area contributed by atoms with E-state index in [1.165, 1.54) is 68.7 Å². The minimum absolute atomic E-state index is 0.890. The molecule has 0 atom stereocenters. The van der Waals surface area contributed by atoms with Crippen LogP contribution in [0.5, 0.6) is 0 Å². The molecule has 1 aromatic carbocycles. The molecule has 1 saturated carbocycles. The van der Waals surface area contributed by atoms with Gasteiger partial charge in [-0.2, -0.15) is 0 Å². The zero-order chi connectivity index (χ0) is 15.2. The Labute approximate surface area is 140 Å². The summed E-state index contributed by atoms with van der Waals surface area (Å²) in [5.74, 6) is 1.16. The molecule has 0 N–H and O–H groups in total. The third kappa shape index (κ3) is 4.50. The zero-order valence-corrected chi connectivity index (χ0v) is 14.8. The normalized spacial score (nSPS) is 22.0. The lowest BCUT2D eigenvalue weighted by atomic mass is 9.94. The van der Waals surface area contributed by atoms with Crippen molar-refractivity contribution in [2.24, 2.45) is 0 Å². The summed E-state index contributed by atoms with van der Waals surface area (Å²) >= 11 is 1.93. The smallest absolute Gasteiger partial charge is 0.0234 e. The van der Waals surface area contributed by atoms with E-state index in [4.69, 9.17) is 0 Å². The van der Waals surface area contributed by atoms with Gasteiger partial charge in [0.2, 0.25) is 0 Å². The van der Waals surface area contributed by atoms with Gasteiger partial charge < -0.3 is 0 Å². The van der Waals surface area contributed by atoms with Gasteiger partial charge in [0.1, 0.15) is 0 Å². The van der Waals surface area contributed by atoms with Crippen LogP contribution in [0.2, 0.25) is 0 Å². The van der Waals surface area contributed by atoms with Gasteiger partial charge in [0.15, 0.2) is 0 Å². The molecule has 1 aliphatic carbocycles. The molecule has 122 valence electrons. The first-order valence-corrected chi connectivity index (χ1v) is 10.0. The standard InChI is InChI=1S/C19H30N2S/c1-2-22-19-10-8-17(9-11-19)16-20-12-14-21(15-13-20)18-6-4-3-5-7-18/h8-11,18H,2-7,12-16H2,1H3. The monoisotopic (exact) mass is 318 g/mol. The van der Waals surface area contributed by atoms with Crippen molar-refractivity contribution in [2.45, 2.75) is 56.5 Å². The fourth-order valence-electron chi connectivity index (χ4n) is 3.85. The highest BCUT2D eigenvalue weighted by Crippen LogP contribution is 2.24. The van der Waals surface area contributed by atoms with Gasteiger partial charge in [-0.3, -0.25) is 9.80 Å². The van der Waals surface area contributed by atoms with Gasteiger partial charge in [0.25, 0.3) is 0 Å². The fourth-order valence-corrected chi connectivity index (χ4v) is 4.51. The second kappa shape index (κ2) is 8.37. The zero-order valence-electron chi connectivity index (χ0n) is 14.0. The SMILES string of the molecule is CCSc1ccc(CN2CCN(C3CCCCC3)CC2)cc1. The van der Waals surface area contributed by atoms with Crippen molar-refractivity contribution < 1.29 is 0 Å². The lowest BCUT2D eigenvalue weighted by molar-refractivity contribution is 0.0755. The van der Waals surface area contributed by atoms with Gasteiger partial charge in [-0.05, 0) is 36.3 Å². The molecule has 0 amide bonds. The van der Waals surface area contributed by atoms with E-state index in [9.17, 15) is 0 Å². The Morgan fingerprint density at radius 1 is 0.955 bits per heavy atom. The highest BCUT2D eigenvalue weighted by molar-refractivity contribution is 7.99. The number of thioether (sulfide) groups is 1. The van der Waals surface area contributed by atoms with Crippen molar-refractivity contribution in [3.05, 3.63) is 29.8 Å². The molecule has 2 aliphatic rings.